The summed E-state index contributed by atoms with van der Waals surface area (Å²) in [6, 6.07) is 8.36. The summed E-state index contributed by atoms with van der Waals surface area (Å²) in [5, 5.41) is 0. The second-order valence-corrected chi connectivity index (χ2v) is 5.92. The standard InChI is InChI=1S/C17H24O4/c1-18-13-7-4-6-12(10-13)14-8-5-9-17(20-3)15(14)11-16(19-2)21-17/h4,6-7,10,14-16H,5,8-9,11H2,1-3H3. The number of rotatable bonds is 4. The molecule has 4 atom stereocenters. The van der Waals surface area contributed by atoms with E-state index in [0.29, 0.717) is 11.8 Å². The van der Waals surface area contributed by atoms with Crippen molar-refractivity contribution in [3.05, 3.63) is 29.8 Å². The lowest BCUT2D eigenvalue weighted by molar-refractivity contribution is -0.278. The molecule has 0 amide bonds. The van der Waals surface area contributed by atoms with Crippen molar-refractivity contribution in [2.45, 2.75) is 43.7 Å². The SMILES string of the molecule is COc1cccc(C2CCCC3(OC)OC(OC)CC23)c1. The van der Waals surface area contributed by atoms with E-state index in [1.165, 1.54) is 5.56 Å². The molecule has 1 aliphatic heterocycles. The number of ether oxygens (including phenoxy) is 4. The summed E-state index contributed by atoms with van der Waals surface area (Å²) in [6.07, 6.45) is 3.91. The predicted octanol–water partition coefficient (Wildman–Crippen LogP) is 3.31. The number of methoxy groups -OCH3 is 3. The smallest absolute Gasteiger partial charge is 0.174 e. The highest BCUT2D eigenvalue weighted by atomic mass is 16.8. The molecule has 3 rings (SSSR count). The van der Waals surface area contributed by atoms with Crippen LogP contribution >= 0.6 is 0 Å². The monoisotopic (exact) mass is 292 g/mol. The first-order valence-electron chi connectivity index (χ1n) is 7.62. The Kier molecular flexibility index (Phi) is 4.20. The Hall–Kier alpha value is -1.10. The van der Waals surface area contributed by atoms with Crippen LogP contribution in [0.15, 0.2) is 24.3 Å². The van der Waals surface area contributed by atoms with Crippen molar-refractivity contribution >= 4 is 0 Å². The normalized spacial score (nSPS) is 35.5. The van der Waals surface area contributed by atoms with Crippen LogP contribution in [-0.2, 0) is 14.2 Å². The minimum atomic E-state index is -0.493. The second-order valence-electron chi connectivity index (χ2n) is 5.92. The molecule has 2 aliphatic rings. The van der Waals surface area contributed by atoms with Crippen molar-refractivity contribution in [1.82, 2.24) is 0 Å². The number of hydrogen-bond acceptors (Lipinski definition) is 4. The molecule has 0 aromatic heterocycles. The minimum Gasteiger partial charge on any atom is -0.497 e. The lowest BCUT2D eigenvalue weighted by Crippen LogP contribution is -2.43. The van der Waals surface area contributed by atoms with Gasteiger partial charge in [-0.25, -0.2) is 0 Å². The van der Waals surface area contributed by atoms with E-state index in [4.69, 9.17) is 18.9 Å². The number of benzene rings is 1. The van der Waals surface area contributed by atoms with Gasteiger partial charge < -0.3 is 18.9 Å². The summed E-state index contributed by atoms with van der Waals surface area (Å²) in [6.45, 7) is 0. The van der Waals surface area contributed by atoms with Gasteiger partial charge in [-0.3, -0.25) is 0 Å². The Labute approximate surface area is 126 Å². The molecule has 0 radical (unpaired) electrons. The topological polar surface area (TPSA) is 36.9 Å². The highest BCUT2D eigenvalue weighted by molar-refractivity contribution is 5.32. The van der Waals surface area contributed by atoms with Crippen LogP contribution < -0.4 is 4.74 Å². The van der Waals surface area contributed by atoms with Crippen LogP contribution in [0.1, 0.15) is 37.2 Å². The lowest BCUT2D eigenvalue weighted by atomic mass is 9.71. The molecule has 0 bridgehead atoms. The molecule has 1 saturated heterocycles. The van der Waals surface area contributed by atoms with Gasteiger partial charge in [-0.15, -0.1) is 0 Å². The van der Waals surface area contributed by atoms with Gasteiger partial charge in [-0.2, -0.15) is 0 Å². The van der Waals surface area contributed by atoms with E-state index in [1.54, 1.807) is 21.3 Å². The van der Waals surface area contributed by atoms with Crippen LogP contribution in [-0.4, -0.2) is 33.4 Å². The van der Waals surface area contributed by atoms with Crippen molar-refractivity contribution in [2.75, 3.05) is 21.3 Å². The van der Waals surface area contributed by atoms with E-state index >= 15 is 0 Å². The summed E-state index contributed by atoms with van der Waals surface area (Å²) >= 11 is 0. The lowest BCUT2D eigenvalue weighted by Gasteiger charge is -2.41. The Morgan fingerprint density at radius 1 is 1.24 bits per heavy atom. The van der Waals surface area contributed by atoms with Crippen molar-refractivity contribution in [2.24, 2.45) is 5.92 Å². The third-order valence-corrected chi connectivity index (χ3v) is 5.00. The fraction of sp³-hybridized carbons (Fsp3) is 0.647. The van der Waals surface area contributed by atoms with Gasteiger partial charge in [0.25, 0.3) is 0 Å². The summed E-state index contributed by atoms with van der Waals surface area (Å²) in [4.78, 5) is 0. The van der Waals surface area contributed by atoms with Gasteiger partial charge in [0, 0.05) is 33.0 Å². The summed E-state index contributed by atoms with van der Waals surface area (Å²) in [5.41, 5.74) is 1.31. The third-order valence-electron chi connectivity index (χ3n) is 5.00. The Morgan fingerprint density at radius 3 is 2.81 bits per heavy atom. The molecular weight excluding hydrogens is 268 g/mol. The van der Waals surface area contributed by atoms with Gasteiger partial charge in [0.2, 0.25) is 0 Å². The fourth-order valence-corrected chi connectivity index (χ4v) is 3.95. The maximum Gasteiger partial charge on any atom is 0.174 e. The van der Waals surface area contributed by atoms with E-state index in [0.717, 1.165) is 31.4 Å². The molecule has 1 aliphatic carbocycles. The molecule has 0 N–H and O–H groups in total. The molecular formula is C17H24O4. The van der Waals surface area contributed by atoms with E-state index in [-0.39, 0.29) is 6.29 Å². The molecule has 4 nitrogen and oxygen atoms in total. The molecule has 1 aromatic rings. The molecule has 1 saturated carbocycles. The molecule has 0 spiro atoms. The Balaban J connectivity index is 1.91. The fourth-order valence-electron chi connectivity index (χ4n) is 3.95. The minimum absolute atomic E-state index is 0.166. The quantitative estimate of drug-likeness (QED) is 0.853. The number of hydrogen-bond donors (Lipinski definition) is 0. The molecule has 4 heteroatoms. The Bertz CT molecular complexity index is 489. The zero-order valence-electron chi connectivity index (χ0n) is 13.0. The molecule has 116 valence electrons. The van der Waals surface area contributed by atoms with Gasteiger partial charge in [0.05, 0.1) is 7.11 Å². The highest BCUT2D eigenvalue weighted by Gasteiger charge is 2.54. The van der Waals surface area contributed by atoms with E-state index in [2.05, 4.69) is 18.2 Å². The van der Waals surface area contributed by atoms with E-state index in [9.17, 15) is 0 Å². The molecule has 2 fully saturated rings. The zero-order valence-corrected chi connectivity index (χ0v) is 13.0. The first-order valence-corrected chi connectivity index (χ1v) is 7.62. The summed E-state index contributed by atoms with van der Waals surface area (Å²) < 4.78 is 22.7. The molecule has 1 aromatic carbocycles. The molecule has 21 heavy (non-hydrogen) atoms. The summed E-state index contributed by atoms with van der Waals surface area (Å²) in [5.74, 6) is 1.16. The number of fused-ring (bicyclic) bond motifs is 1. The van der Waals surface area contributed by atoms with Gasteiger partial charge in [-0.1, -0.05) is 12.1 Å². The molecule has 4 unspecified atom stereocenters. The van der Waals surface area contributed by atoms with Crippen LogP contribution in [0.3, 0.4) is 0 Å². The van der Waals surface area contributed by atoms with Crippen LogP contribution in [0.5, 0.6) is 5.75 Å². The summed E-state index contributed by atoms with van der Waals surface area (Å²) in [7, 11) is 5.16. The van der Waals surface area contributed by atoms with E-state index in [1.807, 2.05) is 6.07 Å². The largest absolute Gasteiger partial charge is 0.497 e. The first kappa shape index (κ1) is 14.8. The predicted molar refractivity (Wildman–Crippen MR) is 79.3 cm³/mol. The average molecular weight is 292 g/mol. The van der Waals surface area contributed by atoms with Crippen molar-refractivity contribution in [3.63, 3.8) is 0 Å². The van der Waals surface area contributed by atoms with Crippen molar-refractivity contribution in [1.29, 1.82) is 0 Å². The van der Waals surface area contributed by atoms with Gasteiger partial charge in [0.15, 0.2) is 12.1 Å². The van der Waals surface area contributed by atoms with Gasteiger partial charge in [-0.05, 0) is 36.5 Å². The third kappa shape index (κ3) is 2.56. The molecule has 1 heterocycles. The van der Waals surface area contributed by atoms with Crippen LogP contribution in [0, 0.1) is 5.92 Å². The van der Waals surface area contributed by atoms with Crippen molar-refractivity contribution < 1.29 is 18.9 Å². The van der Waals surface area contributed by atoms with Crippen LogP contribution in [0.4, 0.5) is 0 Å². The zero-order chi connectivity index (χ0) is 14.9. The average Bonchev–Trinajstić information content (AvgIpc) is 2.94. The van der Waals surface area contributed by atoms with Gasteiger partial charge in [0.1, 0.15) is 5.75 Å². The van der Waals surface area contributed by atoms with Crippen molar-refractivity contribution in [3.8, 4) is 5.75 Å². The highest BCUT2D eigenvalue weighted by Crippen LogP contribution is 2.53. The maximum atomic E-state index is 6.08. The van der Waals surface area contributed by atoms with E-state index < -0.39 is 5.79 Å². The van der Waals surface area contributed by atoms with Crippen LogP contribution in [0.2, 0.25) is 0 Å². The van der Waals surface area contributed by atoms with Crippen LogP contribution in [0.25, 0.3) is 0 Å². The maximum absolute atomic E-state index is 6.08. The second kappa shape index (κ2) is 5.95. The Morgan fingerprint density at radius 2 is 2.10 bits per heavy atom. The van der Waals surface area contributed by atoms with Gasteiger partial charge >= 0.3 is 0 Å². The first-order chi connectivity index (χ1) is 10.2.